The van der Waals surface area contributed by atoms with E-state index in [4.69, 9.17) is 9.84 Å². The molecule has 1 N–H and O–H groups in total. The number of carboxylic acids is 1. The van der Waals surface area contributed by atoms with Gasteiger partial charge in [0.25, 0.3) is 0 Å². The molecule has 2 rings (SSSR count). The minimum Gasteiger partial charge on any atom is -0.481 e. The third-order valence-electron chi connectivity index (χ3n) is 3.48. The van der Waals surface area contributed by atoms with Crippen LogP contribution in [-0.4, -0.2) is 72.2 Å². The average Bonchev–Trinajstić information content (AvgIpc) is 2.60. The highest BCUT2D eigenvalue weighted by molar-refractivity contribution is 5.83. The Morgan fingerprint density at radius 2 is 2.29 bits per heavy atom. The minimum absolute atomic E-state index is 0.0352. The van der Waals surface area contributed by atoms with Gasteiger partial charge in [-0.3, -0.25) is 14.5 Å². The van der Waals surface area contributed by atoms with E-state index in [2.05, 4.69) is 0 Å². The number of amides is 1. The first-order valence-electron chi connectivity index (χ1n) is 5.90. The van der Waals surface area contributed by atoms with Crippen molar-refractivity contribution in [3.05, 3.63) is 0 Å². The molecule has 0 bridgehead atoms. The van der Waals surface area contributed by atoms with Crippen molar-refractivity contribution >= 4 is 11.9 Å². The van der Waals surface area contributed by atoms with Crippen LogP contribution in [0.2, 0.25) is 0 Å². The van der Waals surface area contributed by atoms with Gasteiger partial charge in [-0.15, -0.1) is 0 Å². The van der Waals surface area contributed by atoms with Crippen LogP contribution >= 0.6 is 0 Å². The molecule has 17 heavy (non-hydrogen) atoms. The fourth-order valence-electron chi connectivity index (χ4n) is 2.57. The molecule has 6 nitrogen and oxygen atoms in total. The monoisotopic (exact) mass is 242 g/mol. The molecule has 2 saturated heterocycles. The van der Waals surface area contributed by atoms with Crippen LogP contribution < -0.4 is 0 Å². The van der Waals surface area contributed by atoms with Crippen molar-refractivity contribution in [3.8, 4) is 0 Å². The Morgan fingerprint density at radius 3 is 2.88 bits per heavy atom. The largest absolute Gasteiger partial charge is 0.481 e. The number of hydrogen-bond acceptors (Lipinski definition) is 4. The van der Waals surface area contributed by atoms with Gasteiger partial charge in [-0.1, -0.05) is 0 Å². The number of carboxylic acid groups (broad SMARTS) is 1. The second-order valence-corrected chi connectivity index (χ2v) is 4.63. The number of likely N-dealkylation sites (N-methyl/N-ethyl adjacent to an activating group) is 1. The number of hydrogen-bond donors (Lipinski definition) is 1. The summed E-state index contributed by atoms with van der Waals surface area (Å²) in [6.07, 6.45) is 0.818. The SMILES string of the molecule is CN1CCC(N2CCOCC2CC(=O)O)C1=O. The van der Waals surface area contributed by atoms with E-state index < -0.39 is 5.97 Å². The highest BCUT2D eigenvalue weighted by Crippen LogP contribution is 2.22. The first-order chi connectivity index (χ1) is 8.09. The summed E-state index contributed by atoms with van der Waals surface area (Å²) < 4.78 is 5.30. The maximum absolute atomic E-state index is 11.9. The zero-order chi connectivity index (χ0) is 12.4. The molecule has 2 fully saturated rings. The van der Waals surface area contributed by atoms with E-state index in [1.165, 1.54) is 0 Å². The van der Waals surface area contributed by atoms with Crippen molar-refractivity contribution in [3.63, 3.8) is 0 Å². The van der Waals surface area contributed by atoms with Gasteiger partial charge >= 0.3 is 5.97 Å². The number of rotatable bonds is 3. The summed E-state index contributed by atoms with van der Waals surface area (Å²) in [4.78, 5) is 26.4. The van der Waals surface area contributed by atoms with Gasteiger partial charge in [-0.05, 0) is 6.42 Å². The van der Waals surface area contributed by atoms with Crippen molar-refractivity contribution in [2.75, 3.05) is 33.4 Å². The standard InChI is InChI=1S/C11H18N2O4/c1-12-3-2-9(11(12)16)13-4-5-17-7-8(13)6-10(14)15/h8-9H,2-7H2,1H3,(H,14,15). The number of carbonyl (C=O) groups excluding carboxylic acids is 1. The lowest BCUT2D eigenvalue weighted by Crippen LogP contribution is -2.53. The Hall–Kier alpha value is -1.14. The van der Waals surface area contributed by atoms with Gasteiger partial charge in [0.1, 0.15) is 0 Å². The van der Waals surface area contributed by atoms with E-state index in [1.54, 1.807) is 11.9 Å². The molecule has 0 spiro atoms. The zero-order valence-electron chi connectivity index (χ0n) is 9.96. The quantitative estimate of drug-likeness (QED) is 0.715. The number of likely N-dealkylation sites (tertiary alicyclic amines) is 1. The van der Waals surface area contributed by atoms with Crippen LogP contribution in [0, 0.1) is 0 Å². The second kappa shape index (κ2) is 5.01. The first-order valence-corrected chi connectivity index (χ1v) is 5.90. The molecule has 2 unspecified atom stereocenters. The number of aliphatic carboxylic acids is 1. The maximum atomic E-state index is 11.9. The molecule has 96 valence electrons. The van der Waals surface area contributed by atoms with Crippen LogP contribution in [0.3, 0.4) is 0 Å². The first kappa shape index (κ1) is 12.3. The Labute approximate surface area is 100 Å². The van der Waals surface area contributed by atoms with E-state index >= 15 is 0 Å². The van der Waals surface area contributed by atoms with Gasteiger partial charge in [0, 0.05) is 26.2 Å². The molecule has 2 aliphatic rings. The third-order valence-corrected chi connectivity index (χ3v) is 3.48. The van der Waals surface area contributed by atoms with Crippen LogP contribution in [0.4, 0.5) is 0 Å². The predicted molar refractivity (Wildman–Crippen MR) is 59.6 cm³/mol. The highest BCUT2D eigenvalue weighted by Gasteiger charge is 2.39. The van der Waals surface area contributed by atoms with Crippen LogP contribution in [-0.2, 0) is 14.3 Å². The normalized spacial score (nSPS) is 30.9. The minimum atomic E-state index is -0.843. The average molecular weight is 242 g/mol. The molecule has 6 heteroatoms. The lowest BCUT2D eigenvalue weighted by molar-refractivity contribution is -0.144. The van der Waals surface area contributed by atoms with Crippen LogP contribution in [0.25, 0.3) is 0 Å². The molecule has 1 amide bonds. The van der Waals surface area contributed by atoms with Gasteiger partial charge in [-0.25, -0.2) is 0 Å². The summed E-state index contributed by atoms with van der Waals surface area (Å²) in [6.45, 7) is 2.37. The molecule has 0 aromatic carbocycles. The Kier molecular flexibility index (Phi) is 3.63. The number of nitrogens with zero attached hydrogens (tertiary/aromatic N) is 2. The highest BCUT2D eigenvalue weighted by atomic mass is 16.5. The summed E-state index contributed by atoms with van der Waals surface area (Å²) in [7, 11) is 1.79. The van der Waals surface area contributed by atoms with Gasteiger partial charge in [-0.2, -0.15) is 0 Å². The van der Waals surface area contributed by atoms with E-state index in [0.29, 0.717) is 19.8 Å². The Bertz CT molecular complexity index is 321. The molecule has 0 aromatic rings. The lowest BCUT2D eigenvalue weighted by Gasteiger charge is -2.37. The third kappa shape index (κ3) is 2.58. The van der Waals surface area contributed by atoms with Crippen molar-refractivity contribution in [1.82, 2.24) is 9.80 Å². The van der Waals surface area contributed by atoms with Crippen molar-refractivity contribution in [2.45, 2.75) is 24.9 Å². The maximum Gasteiger partial charge on any atom is 0.305 e. The smallest absolute Gasteiger partial charge is 0.305 e. The number of carbonyl (C=O) groups is 2. The van der Waals surface area contributed by atoms with E-state index in [1.807, 2.05) is 4.90 Å². The molecule has 0 radical (unpaired) electrons. The Morgan fingerprint density at radius 1 is 1.53 bits per heavy atom. The molecular formula is C11H18N2O4. The molecular weight excluding hydrogens is 224 g/mol. The van der Waals surface area contributed by atoms with E-state index in [9.17, 15) is 9.59 Å². The summed E-state index contributed by atoms with van der Waals surface area (Å²) in [5, 5.41) is 8.87. The van der Waals surface area contributed by atoms with Gasteiger partial charge < -0.3 is 14.7 Å². The molecule has 0 saturated carbocycles. The summed E-state index contributed by atoms with van der Waals surface area (Å²) >= 11 is 0. The summed E-state index contributed by atoms with van der Waals surface area (Å²) in [5.41, 5.74) is 0. The van der Waals surface area contributed by atoms with Crippen molar-refractivity contribution < 1.29 is 19.4 Å². The molecule has 2 heterocycles. The number of ether oxygens (including phenoxy) is 1. The van der Waals surface area contributed by atoms with Gasteiger partial charge in [0.2, 0.25) is 5.91 Å². The molecule has 2 aliphatic heterocycles. The molecule has 0 aromatic heterocycles. The van der Waals surface area contributed by atoms with E-state index in [0.717, 1.165) is 13.0 Å². The predicted octanol–water partition coefficient (Wildman–Crippen LogP) is -0.607. The lowest BCUT2D eigenvalue weighted by atomic mass is 10.1. The van der Waals surface area contributed by atoms with Crippen molar-refractivity contribution in [1.29, 1.82) is 0 Å². The second-order valence-electron chi connectivity index (χ2n) is 4.63. The molecule has 2 atom stereocenters. The van der Waals surface area contributed by atoms with Crippen LogP contribution in [0.5, 0.6) is 0 Å². The number of morpholine rings is 1. The Balaban J connectivity index is 2.05. The topological polar surface area (TPSA) is 70.1 Å². The van der Waals surface area contributed by atoms with Crippen LogP contribution in [0.15, 0.2) is 0 Å². The fourth-order valence-corrected chi connectivity index (χ4v) is 2.57. The van der Waals surface area contributed by atoms with Gasteiger partial charge in [0.15, 0.2) is 0 Å². The van der Waals surface area contributed by atoms with E-state index in [-0.39, 0.29) is 24.4 Å². The summed E-state index contributed by atoms with van der Waals surface area (Å²) in [5.74, 6) is -0.744. The molecule has 0 aliphatic carbocycles. The van der Waals surface area contributed by atoms with Crippen LogP contribution in [0.1, 0.15) is 12.8 Å². The van der Waals surface area contributed by atoms with Gasteiger partial charge in [0.05, 0.1) is 25.7 Å². The summed E-state index contributed by atoms with van der Waals surface area (Å²) in [6, 6.07) is -0.338. The van der Waals surface area contributed by atoms with Crippen molar-refractivity contribution in [2.24, 2.45) is 0 Å². The fraction of sp³-hybridized carbons (Fsp3) is 0.818. The zero-order valence-corrected chi connectivity index (χ0v) is 9.96.